The first-order valence-corrected chi connectivity index (χ1v) is 10.9. The molecule has 0 saturated heterocycles. The number of sulfonamides is 1. The lowest BCUT2D eigenvalue weighted by Gasteiger charge is -2.17. The lowest BCUT2D eigenvalue weighted by molar-refractivity contribution is 0.0475. The van der Waals surface area contributed by atoms with Crippen LogP contribution in [-0.2, 0) is 19.5 Å². The summed E-state index contributed by atoms with van der Waals surface area (Å²) in [5, 5.41) is 0. The monoisotopic (exact) mass is 422 g/mol. The van der Waals surface area contributed by atoms with Crippen molar-refractivity contribution in [3.05, 3.63) is 52.8 Å². The number of hydrogen-bond donors (Lipinski definition) is 1. The average Bonchev–Trinajstić information content (AvgIpc) is 2.93. The molecular weight excluding hydrogens is 396 g/mol. The van der Waals surface area contributed by atoms with E-state index >= 15 is 0 Å². The van der Waals surface area contributed by atoms with Crippen LogP contribution in [-0.4, -0.2) is 51.3 Å². The number of hydrogen-bond acceptors (Lipinski definition) is 6. The third kappa shape index (κ3) is 5.68. The Bertz CT molecular complexity index is 1010. The van der Waals surface area contributed by atoms with Crippen molar-refractivity contribution < 1.29 is 27.5 Å². The first-order chi connectivity index (χ1) is 13.5. The Kier molecular flexibility index (Phi) is 7.21. The number of carbonyl (C=O) groups is 2. The van der Waals surface area contributed by atoms with Crippen LogP contribution >= 0.6 is 0 Å². The van der Waals surface area contributed by atoms with Gasteiger partial charge in [0.05, 0.1) is 30.2 Å². The van der Waals surface area contributed by atoms with E-state index in [9.17, 15) is 18.0 Å². The number of rotatable bonds is 9. The number of ketones is 1. The maximum absolute atomic E-state index is 12.6. The number of nitrogens with one attached hydrogen (secondary N) is 1. The van der Waals surface area contributed by atoms with Gasteiger partial charge in [0.1, 0.15) is 0 Å². The van der Waals surface area contributed by atoms with Crippen LogP contribution in [0.4, 0.5) is 5.69 Å². The Morgan fingerprint density at radius 2 is 1.83 bits per heavy atom. The molecule has 1 aromatic carbocycles. The fourth-order valence-electron chi connectivity index (χ4n) is 3.29. The summed E-state index contributed by atoms with van der Waals surface area (Å²) in [5.74, 6) is -1.12. The lowest BCUT2D eigenvalue weighted by Crippen LogP contribution is -2.18. The Morgan fingerprint density at radius 1 is 1.17 bits per heavy atom. The van der Waals surface area contributed by atoms with E-state index in [-0.39, 0.29) is 23.1 Å². The van der Waals surface area contributed by atoms with Gasteiger partial charge in [-0.3, -0.25) is 9.52 Å². The van der Waals surface area contributed by atoms with Crippen molar-refractivity contribution in [2.45, 2.75) is 26.8 Å². The van der Waals surface area contributed by atoms with Crippen LogP contribution in [0.15, 0.2) is 30.3 Å². The molecule has 0 amide bonds. The summed E-state index contributed by atoms with van der Waals surface area (Å²) in [5.41, 5.74) is 2.28. The highest BCUT2D eigenvalue weighted by atomic mass is 32.2. The van der Waals surface area contributed by atoms with Crippen molar-refractivity contribution in [1.29, 1.82) is 0 Å². The van der Waals surface area contributed by atoms with Gasteiger partial charge in [-0.1, -0.05) is 12.1 Å². The largest absolute Gasteiger partial charge is 0.454 e. The zero-order valence-corrected chi connectivity index (χ0v) is 18.0. The number of anilines is 1. The number of aryl methyl sites for hydroxylation is 1. The summed E-state index contributed by atoms with van der Waals surface area (Å²) < 4.78 is 37.6. The molecule has 0 aliphatic rings. The number of nitrogens with zero attached hydrogens (tertiary/aromatic N) is 1. The molecule has 1 atom stereocenters. The van der Waals surface area contributed by atoms with Gasteiger partial charge in [-0.15, -0.1) is 0 Å². The summed E-state index contributed by atoms with van der Waals surface area (Å²) >= 11 is 0. The number of esters is 1. The van der Waals surface area contributed by atoms with Crippen LogP contribution in [0.3, 0.4) is 0 Å². The molecule has 158 valence electrons. The van der Waals surface area contributed by atoms with E-state index in [0.29, 0.717) is 12.2 Å². The van der Waals surface area contributed by atoms with E-state index < -0.39 is 22.6 Å². The fraction of sp³-hybridized carbons (Fsp3) is 0.400. The van der Waals surface area contributed by atoms with Crippen molar-refractivity contribution in [2.75, 3.05) is 31.3 Å². The van der Waals surface area contributed by atoms with Crippen molar-refractivity contribution in [2.24, 2.45) is 0 Å². The maximum Gasteiger partial charge on any atom is 0.340 e. The summed E-state index contributed by atoms with van der Waals surface area (Å²) in [6.45, 7) is 5.77. The van der Waals surface area contributed by atoms with Gasteiger partial charge in [0.15, 0.2) is 6.61 Å². The quantitative estimate of drug-likeness (QED) is 0.492. The number of ether oxygens (including phenoxy) is 2. The molecule has 1 heterocycles. The second-order valence-corrected chi connectivity index (χ2v) is 8.63. The van der Waals surface area contributed by atoms with Gasteiger partial charge in [-0.05, 0) is 39.0 Å². The SMILES string of the molecule is COC[C@@H](C)n1c(C)cc(C(=O)COC(=O)c2ccccc2NS(C)(=O)=O)c1C. The van der Waals surface area contributed by atoms with Gasteiger partial charge < -0.3 is 14.0 Å². The first-order valence-electron chi connectivity index (χ1n) is 8.99. The van der Waals surface area contributed by atoms with E-state index in [1.165, 1.54) is 12.1 Å². The van der Waals surface area contributed by atoms with Gasteiger partial charge in [0.25, 0.3) is 0 Å². The van der Waals surface area contributed by atoms with Crippen molar-refractivity contribution in [3.8, 4) is 0 Å². The van der Waals surface area contributed by atoms with E-state index in [0.717, 1.165) is 17.6 Å². The molecule has 1 aromatic heterocycles. The first kappa shape index (κ1) is 22.6. The molecule has 0 saturated carbocycles. The standard InChI is InChI=1S/C20H26N2O6S/c1-13-10-17(15(3)22(13)14(2)11-27-4)19(23)12-28-20(24)16-8-6-7-9-18(16)21-29(5,25)26/h6-10,14,21H,11-12H2,1-5H3/t14-/m1/s1. The van der Waals surface area contributed by atoms with E-state index in [2.05, 4.69) is 4.72 Å². The molecule has 0 unspecified atom stereocenters. The topological polar surface area (TPSA) is 104 Å². The third-order valence-electron chi connectivity index (χ3n) is 4.41. The molecule has 29 heavy (non-hydrogen) atoms. The number of carbonyl (C=O) groups excluding carboxylic acids is 2. The number of benzene rings is 1. The second-order valence-electron chi connectivity index (χ2n) is 6.88. The van der Waals surface area contributed by atoms with Gasteiger partial charge in [-0.2, -0.15) is 0 Å². The van der Waals surface area contributed by atoms with Crippen LogP contribution < -0.4 is 4.72 Å². The van der Waals surface area contributed by atoms with E-state index in [1.54, 1.807) is 25.3 Å². The molecule has 9 heteroatoms. The minimum Gasteiger partial charge on any atom is -0.454 e. The fourth-order valence-corrected chi connectivity index (χ4v) is 3.87. The molecule has 2 aromatic rings. The molecule has 2 rings (SSSR count). The molecule has 0 bridgehead atoms. The predicted octanol–water partition coefficient (Wildman–Crippen LogP) is 2.72. The van der Waals surface area contributed by atoms with Crippen LogP contribution in [0.2, 0.25) is 0 Å². The maximum atomic E-state index is 12.6. The van der Waals surface area contributed by atoms with Crippen LogP contribution in [0, 0.1) is 13.8 Å². The Hall–Kier alpha value is -2.65. The highest BCUT2D eigenvalue weighted by Gasteiger charge is 2.21. The summed E-state index contributed by atoms with van der Waals surface area (Å²) in [7, 11) is -1.95. The molecule has 0 radical (unpaired) electrons. The highest BCUT2D eigenvalue weighted by molar-refractivity contribution is 7.92. The summed E-state index contributed by atoms with van der Waals surface area (Å²) in [6.07, 6.45) is 0.985. The molecule has 0 spiro atoms. The zero-order valence-electron chi connectivity index (χ0n) is 17.2. The van der Waals surface area contributed by atoms with Crippen LogP contribution in [0.25, 0.3) is 0 Å². The van der Waals surface area contributed by atoms with Crippen molar-refractivity contribution in [1.82, 2.24) is 4.57 Å². The smallest absolute Gasteiger partial charge is 0.340 e. The number of aromatic nitrogens is 1. The number of Topliss-reactive ketones (excluding diaryl/α,β-unsaturated/α-hetero) is 1. The molecule has 0 fully saturated rings. The molecule has 0 aliphatic heterocycles. The molecule has 1 N–H and O–H groups in total. The van der Waals surface area contributed by atoms with Crippen LogP contribution in [0.1, 0.15) is 45.1 Å². The van der Waals surface area contributed by atoms with Crippen molar-refractivity contribution >= 4 is 27.5 Å². The summed E-state index contributed by atoms with van der Waals surface area (Å²) in [4.78, 5) is 25.0. The molecule has 0 aliphatic carbocycles. The van der Waals surface area contributed by atoms with Crippen LogP contribution in [0.5, 0.6) is 0 Å². The minimum atomic E-state index is -3.57. The van der Waals surface area contributed by atoms with Gasteiger partial charge in [-0.25, -0.2) is 13.2 Å². The zero-order chi connectivity index (χ0) is 21.8. The Balaban J connectivity index is 2.15. The average molecular weight is 423 g/mol. The highest BCUT2D eigenvalue weighted by Crippen LogP contribution is 2.22. The molecular formula is C20H26N2O6S. The van der Waals surface area contributed by atoms with Gasteiger partial charge in [0.2, 0.25) is 15.8 Å². The third-order valence-corrected chi connectivity index (χ3v) is 5.00. The Morgan fingerprint density at radius 3 is 2.45 bits per heavy atom. The Labute approximate surface area is 170 Å². The number of para-hydroxylation sites is 1. The number of methoxy groups -OCH3 is 1. The lowest BCUT2D eigenvalue weighted by atomic mass is 10.1. The van der Waals surface area contributed by atoms with Gasteiger partial charge >= 0.3 is 5.97 Å². The van der Waals surface area contributed by atoms with Gasteiger partial charge in [0, 0.05) is 24.1 Å². The van der Waals surface area contributed by atoms with E-state index in [4.69, 9.17) is 9.47 Å². The normalized spacial score (nSPS) is 12.4. The minimum absolute atomic E-state index is 0.0323. The summed E-state index contributed by atoms with van der Waals surface area (Å²) in [6, 6.07) is 7.86. The second kappa shape index (κ2) is 9.23. The van der Waals surface area contributed by atoms with Crippen molar-refractivity contribution in [3.63, 3.8) is 0 Å². The predicted molar refractivity (Wildman–Crippen MR) is 110 cm³/mol. The van der Waals surface area contributed by atoms with E-state index in [1.807, 2.05) is 25.3 Å². The molecule has 8 nitrogen and oxygen atoms in total.